The van der Waals surface area contributed by atoms with Crippen molar-refractivity contribution in [3.8, 4) is 0 Å². The summed E-state index contributed by atoms with van der Waals surface area (Å²) in [5.41, 5.74) is 8.64. The fraction of sp³-hybridized carbons (Fsp3) is 0.250. The molecular formula is C12H14N4O. The van der Waals surface area contributed by atoms with Gasteiger partial charge in [-0.05, 0) is 30.7 Å². The first kappa shape index (κ1) is 11.3. The van der Waals surface area contributed by atoms with Crippen molar-refractivity contribution in [2.45, 2.75) is 13.3 Å². The number of ketones is 1. The number of carbonyl (C=O) groups excluding carboxylic acids is 1. The van der Waals surface area contributed by atoms with Crippen LogP contribution < -0.4 is 5.73 Å². The van der Waals surface area contributed by atoms with E-state index in [2.05, 4.69) is 10.3 Å². The predicted octanol–water partition coefficient (Wildman–Crippen LogP) is 1.13. The van der Waals surface area contributed by atoms with Crippen molar-refractivity contribution in [1.82, 2.24) is 15.0 Å². The molecule has 88 valence electrons. The van der Waals surface area contributed by atoms with E-state index < -0.39 is 0 Å². The lowest BCUT2D eigenvalue weighted by Crippen LogP contribution is -2.05. The van der Waals surface area contributed by atoms with Crippen LogP contribution in [0.25, 0.3) is 0 Å². The van der Waals surface area contributed by atoms with Crippen molar-refractivity contribution in [3.63, 3.8) is 0 Å². The number of carbonyl (C=O) groups is 1. The molecule has 0 fully saturated rings. The zero-order valence-electron chi connectivity index (χ0n) is 9.84. The molecule has 1 heterocycles. The van der Waals surface area contributed by atoms with Crippen LogP contribution in [0.2, 0.25) is 0 Å². The van der Waals surface area contributed by atoms with Crippen molar-refractivity contribution in [3.05, 3.63) is 41.2 Å². The fourth-order valence-electron chi connectivity index (χ4n) is 1.59. The van der Waals surface area contributed by atoms with E-state index in [1.54, 1.807) is 36.1 Å². The minimum absolute atomic E-state index is 0.0219. The highest BCUT2D eigenvalue weighted by Gasteiger charge is 2.10. The van der Waals surface area contributed by atoms with E-state index in [9.17, 15) is 4.79 Å². The molecule has 0 atom stereocenters. The van der Waals surface area contributed by atoms with Gasteiger partial charge in [0, 0.05) is 24.5 Å². The van der Waals surface area contributed by atoms with Crippen molar-refractivity contribution < 1.29 is 4.79 Å². The highest BCUT2D eigenvalue weighted by molar-refractivity contribution is 5.97. The van der Waals surface area contributed by atoms with Crippen LogP contribution in [0.5, 0.6) is 0 Å². The monoisotopic (exact) mass is 230 g/mol. The second-order valence-corrected chi connectivity index (χ2v) is 4.05. The molecule has 0 aliphatic heterocycles. The Morgan fingerprint density at radius 2 is 2.24 bits per heavy atom. The van der Waals surface area contributed by atoms with Gasteiger partial charge in [0.1, 0.15) is 0 Å². The molecule has 1 aromatic heterocycles. The lowest BCUT2D eigenvalue weighted by atomic mass is 10.0. The molecule has 0 radical (unpaired) electrons. The van der Waals surface area contributed by atoms with Crippen LogP contribution >= 0.6 is 0 Å². The Morgan fingerprint density at radius 3 is 2.82 bits per heavy atom. The Balaban J connectivity index is 2.17. The summed E-state index contributed by atoms with van der Waals surface area (Å²) in [4.78, 5) is 12.0. The van der Waals surface area contributed by atoms with E-state index in [1.807, 2.05) is 6.92 Å². The number of nitrogen functional groups attached to an aromatic ring is 1. The molecular weight excluding hydrogens is 216 g/mol. The zero-order chi connectivity index (χ0) is 12.4. The molecule has 0 spiro atoms. The summed E-state index contributed by atoms with van der Waals surface area (Å²) in [6, 6.07) is 5.29. The third-order valence-electron chi connectivity index (χ3n) is 2.58. The van der Waals surface area contributed by atoms with Crippen LogP contribution in [0.4, 0.5) is 5.69 Å². The first-order valence-corrected chi connectivity index (χ1v) is 5.31. The third kappa shape index (κ3) is 2.50. The Kier molecular flexibility index (Phi) is 2.91. The minimum Gasteiger partial charge on any atom is -0.399 e. The molecule has 2 aromatic rings. The van der Waals surface area contributed by atoms with E-state index >= 15 is 0 Å². The summed E-state index contributed by atoms with van der Waals surface area (Å²) in [6.07, 6.45) is 2.00. The van der Waals surface area contributed by atoms with E-state index in [4.69, 9.17) is 5.73 Å². The third-order valence-corrected chi connectivity index (χ3v) is 2.58. The first-order chi connectivity index (χ1) is 8.06. The highest BCUT2D eigenvalue weighted by Crippen LogP contribution is 2.14. The minimum atomic E-state index is 0.0219. The van der Waals surface area contributed by atoms with Crippen LogP contribution in [0.15, 0.2) is 24.4 Å². The maximum atomic E-state index is 12.0. The molecule has 5 heteroatoms. The molecule has 5 nitrogen and oxygen atoms in total. The van der Waals surface area contributed by atoms with Crippen molar-refractivity contribution in [2.75, 3.05) is 5.73 Å². The molecule has 0 unspecified atom stereocenters. The Labute approximate surface area is 99.2 Å². The number of anilines is 1. The normalized spacial score (nSPS) is 10.5. The molecule has 1 aromatic carbocycles. The van der Waals surface area contributed by atoms with E-state index in [-0.39, 0.29) is 12.2 Å². The van der Waals surface area contributed by atoms with Crippen molar-refractivity contribution in [1.29, 1.82) is 0 Å². The average Bonchev–Trinajstić information content (AvgIpc) is 2.68. The summed E-state index contributed by atoms with van der Waals surface area (Å²) in [7, 11) is 1.77. The lowest BCUT2D eigenvalue weighted by Gasteiger charge is -2.03. The number of hydrogen-bond donors (Lipinski definition) is 1. The maximum Gasteiger partial charge on any atom is 0.168 e. The van der Waals surface area contributed by atoms with Gasteiger partial charge in [-0.1, -0.05) is 5.21 Å². The molecule has 0 saturated carbocycles. The number of aryl methyl sites for hydroxylation is 2. The van der Waals surface area contributed by atoms with Crippen LogP contribution in [0.1, 0.15) is 21.6 Å². The number of nitrogens with two attached hydrogens (primary N) is 1. The summed E-state index contributed by atoms with van der Waals surface area (Å²) >= 11 is 0. The van der Waals surface area contributed by atoms with Gasteiger partial charge in [-0.2, -0.15) is 0 Å². The van der Waals surface area contributed by atoms with Gasteiger partial charge in [0.05, 0.1) is 12.1 Å². The lowest BCUT2D eigenvalue weighted by molar-refractivity contribution is 0.0992. The Morgan fingerprint density at radius 1 is 1.47 bits per heavy atom. The molecule has 0 aliphatic rings. The van der Waals surface area contributed by atoms with Gasteiger partial charge in [0.25, 0.3) is 0 Å². The van der Waals surface area contributed by atoms with Crippen LogP contribution in [-0.4, -0.2) is 20.8 Å². The molecule has 0 saturated heterocycles. The van der Waals surface area contributed by atoms with Gasteiger partial charge in [-0.25, -0.2) is 0 Å². The quantitative estimate of drug-likeness (QED) is 0.633. The van der Waals surface area contributed by atoms with Crippen molar-refractivity contribution in [2.24, 2.45) is 7.05 Å². The summed E-state index contributed by atoms with van der Waals surface area (Å²) < 4.78 is 1.58. The largest absolute Gasteiger partial charge is 0.399 e. The number of Topliss-reactive ketones (excluding diaryl/α,β-unsaturated/α-hetero) is 1. The maximum absolute atomic E-state index is 12.0. The molecule has 2 N–H and O–H groups in total. The van der Waals surface area contributed by atoms with Gasteiger partial charge >= 0.3 is 0 Å². The van der Waals surface area contributed by atoms with Gasteiger partial charge in [-0.3, -0.25) is 9.48 Å². The van der Waals surface area contributed by atoms with Gasteiger partial charge in [0.2, 0.25) is 0 Å². The fourth-order valence-corrected chi connectivity index (χ4v) is 1.59. The predicted molar refractivity (Wildman–Crippen MR) is 64.6 cm³/mol. The summed E-state index contributed by atoms with van der Waals surface area (Å²) in [5, 5.41) is 7.68. The van der Waals surface area contributed by atoms with E-state index in [0.29, 0.717) is 16.9 Å². The van der Waals surface area contributed by atoms with E-state index in [0.717, 1.165) is 5.56 Å². The number of aromatic nitrogens is 3. The Bertz CT molecular complexity index is 559. The molecule has 0 amide bonds. The van der Waals surface area contributed by atoms with Gasteiger partial charge in [-0.15, -0.1) is 5.10 Å². The second kappa shape index (κ2) is 4.37. The zero-order valence-corrected chi connectivity index (χ0v) is 9.84. The second-order valence-electron chi connectivity index (χ2n) is 4.05. The van der Waals surface area contributed by atoms with E-state index in [1.165, 1.54) is 0 Å². The number of rotatable bonds is 3. The summed E-state index contributed by atoms with van der Waals surface area (Å²) in [5.74, 6) is 0.0219. The highest BCUT2D eigenvalue weighted by atomic mass is 16.1. The van der Waals surface area contributed by atoms with Crippen LogP contribution in [0, 0.1) is 6.92 Å². The van der Waals surface area contributed by atoms with Gasteiger partial charge < -0.3 is 5.73 Å². The van der Waals surface area contributed by atoms with Gasteiger partial charge in [0.15, 0.2) is 5.78 Å². The number of hydrogen-bond acceptors (Lipinski definition) is 4. The molecule has 0 bridgehead atoms. The topological polar surface area (TPSA) is 73.8 Å². The number of benzene rings is 1. The number of nitrogens with zero attached hydrogens (tertiary/aromatic N) is 3. The molecule has 2 rings (SSSR count). The Hall–Kier alpha value is -2.17. The molecule has 0 aliphatic carbocycles. The first-order valence-electron chi connectivity index (χ1n) is 5.31. The van der Waals surface area contributed by atoms with Crippen LogP contribution in [0.3, 0.4) is 0 Å². The smallest absolute Gasteiger partial charge is 0.168 e. The molecule has 17 heavy (non-hydrogen) atoms. The van der Waals surface area contributed by atoms with Crippen LogP contribution in [-0.2, 0) is 13.5 Å². The standard InChI is InChI=1S/C12H14N4O/c1-8-5-9(3-4-11(8)13)12(17)6-10-7-16(2)15-14-10/h3-5,7H,6,13H2,1-2H3. The summed E-state index contributed by atoms with van der Waals surface area (Å²) in [6.45, 7) is 1.88. The average molecular weight is 230 g/mol. The SMILES string of the molecule is Cc1cc(C(=O)Cc2cn(C)nn2)ccc1N. The van der Waals surface area contributed by atoms with Crippen molar-refractivity contribution >= 4 is 11.5 Å².